The van der Waals surface area contributed by atoms with Crippen LogP contribution in [0.4, 0.5) is 17.6 Å². The van der Waals surface area contributed by atoms with Crippen molar-refractivity contribution in [1.29, 1.82) is 0 Å². The highest BCUT2D eigenvalue weighted by molar-refractivity contribution is 5.95. The van der Waals surface area contributed by atoms with Crippen molar-refractivity contribution in [3.63, 3.8) is 0 Å². The van der Waals surface area contributed by atoms with E-state index in [-0.39, 0.29) is 11.4 Å². The second kappa shape index (κ2) is 7.98. The summed E-state index contributed by atoms with van der Waals surface area (Å²) in [5.74, 6) is -0.572. The Kier molecular flexibility index (Phi) is 5.79. The van der Waals surface area contributed by atoms with Gasteiger partial charge in [0.1, 0.15) is 5.82 Å². The lowest BCUT2D eigenvalue weighted by atomic mass is 10.0. The van der Waals surface area contributed by atoms with Gasteiger partial charge < -0.3 is 15.2 Å². The van der Waals surface area contributed by atoms with E-state index in [2.05, 4.69) is 10.3 Å². The Labute approximate surface area is 164 Å². The quantitative estimate of drug-likeness (QED) is 0.680. The van der Waals surface area contributed by atoms with Crippen LogP contribution in [0.2, 0.25) is 0 Å². The lowest BCUT2D eigenvalue weighted by Crippen LogP contribution is -2.51. The minimum Gasteiger partial charge on any atom is -0.477 e. The standard InChI is InChI=1S/C20H20F4N2O3/c1-19(28,20(22,23)24)11-26-17(27)14-8-16(13-4-6-15(21)7-5-13)18(25-9-14)29-10-12-2-3-12/h4-9,12,28H,2-3,10-11H2,1H3,(H,26,27)/t19-/m1/s1. The van der Waals surface area contributed by atoms with Gasteiger partial charge in [-0.15, -0.1) is 0 Å². The Morgan fingerprint density at radius 3 is 2.52 bits per heavy atom. The van der Waals surface area contributed by atoms with Crippen molar-refractivity contribution in [2.24, 2.45) is 5.92 Å². The summed E-state index contributed by atoms with van der Waals surface area (Å²) in [5.41, 5.74) is -2.12. The van der Waals surface area contributed by atoms with Gasteiger partial charge in [0.2, 0.25) is 5.88 Å². The van der Waals surface area contributed by atoms with Crippen LogP contribution in [-0.4, -0.2) is 40.9 Å². The molecule has 9 heteroatoms. The molecular formula is C20H20F4N2O3. The number of alkyl halides is 3. The van der Waals surface area contributed by atoms with Gasteiger partial charge in [-0.05, 0) is 49.4 Å². The first-order valence-electron chi connectivity index (χ1n) is 9.03. The minimum atomic E-state index is -4.89. The number of pyridine rings is 1. The van der Waals surface area contributed by atoms with E-state index in [1.165, 1.54) is 36.5 Å². The Morgan fingerprint density at radius 1 is 1.28 bits per heavy atom. The second-order valence-electron chi connectivity index (χ2n) is 7.29. The molecule has 1 amide bonds. The zero-order chi connectivity index (χ0) is 21.2. The molecule has 0 aliphatic heterocycles. The van der Waals surface area contributed by atoms with E-state index in [1.807, 2.05) is 0 Å². The van der Waals surface area contributed by atoms with Gasteiger partial charge >= 0.3 is 6.18 Å². The molecule has 1 heterocycles. The summed E-state index contributed by atoms with van der Waals surface area (Å²) in [6, 6.07) is 6.89. The highest BCUT2D eigenvalue weighted by Gasteiger charge is 2.49. The van der Waals surface area contributed by atoms with Crippen molar-refractivity contribution in [3.05, 3.63) is 47.9 Å². The smallest absolute Gasteiger partial charge is 0.418 e. The fraction of sp³-hybridized carbons (Fsp3) is 0.400. The molecule has 156 valence electrons. The van der Waals surface area contributed by atoms with Gasteiger partial charge in [-0.2, -0.15) is 13.2 Å². The van der Waals surface area contributed by atoms with Crippen molar-refractivity contribution in [2.45, 2.75) is 31.5 Å². The molecule has 1 saturated carbocycles. The Hall–Kier alpha value is -2.68. The van der Waals surface area contributed by atoms with Gasteiger partial charge in [-0.1, -0.05) is 12.1 Å². The van der Waals surface area contributed by atoms with Gasteiger partial charge in [0.05, 0.1) is 18.7 Å². The van der Waals surface area contributed by atoms with Crippen LogP contribution in [-0.2, 0) is 0 Å². The summed E-state index contributed by atoms with van der Waals surface area (Å²) in [7, 11) is 0. The first kappa shape index (κ1) is 21.0. The first-order chi connectivity index (χ1) is 13.6. The molecule has 5 nitrogen and oxygen atoms in total. The van der Waals surface area contributed by atoms with E-state index < -0.39 is 30.0 Å². The highest BCUT2D eigenvalue weighted by Crippen LogP contribution is 2.33. The number of nitrogens with zero attached hydrogens (tertiary/aromatic N) is 1. The van der Waals surface area contributed by atoms with Gasteiger partial charge in [0, 0.05) is 11.8 Å². The summed E-state index contributed by atoms with van der Waals surface area (Å²) < 4.78 is 57.2. The number of ether oxygens (including phenoxy) is 1. The predicted molar refractivity (Wildman–Crippen MR) is 96.9 cm³/mol. The van der Waals surface area contributed by atoms with E-state index in [4.69, 9.17) is 4.74 Å². The van der Waals surface area contributed by atoms with Crippen LogP contribution in [0.25, 0.3) is 11.1 Å². The van der Waals surface area contributed by atoms with E-state index in [9.17, 15) is 27.5 Å². The normalized spacial score (nSPS) is 16.2. The molecule has 1 aliphatic carbocycles. The molecule has 1 atom stereocenters. The number of benzene rings is 1. The summed E-state index contributed by atoms with van der Waals surface area (Å²) in [6.07, 6.45) is -1.58. The average molecular weight is 412 g/mol. The predicted octanol–water partition coefficient (Wildman–Crippen LogP) is 3.72. The molecule has 0 bridgehead atoms. The number of aliphatic hydroxyl groups is 1. The average Bonchev–Trinajstić information content (AvgIpc) is 3.48. The van der Waals surface area contributed by atoms with Gasteiger partial charge in [0.15, 0.2) is 5.60 Å². The van der Waals surface area contributed by atoms with E-state index in [1.54, 1.807) is 0 Å². The number of halogens is 4. The molecule has 0 unspecified atom stereocenters. The number of hydrogen-bond acceptors (Lipinski definition) is 4. The fourth-order valence-electron chi connectivity index (χ4n) is 2.46. The lowest BCUT2D eigenvalue weighted by molar-refractivity contribution is -0.249. The van der Waals surface area contributed by atoms with E-state index in [0.29, 0.717) is 30.6 Å². The molecule has 1 aliphatic rings. The molecule has 1 aromatic heterocycles. The maximum absolute atomic E-state index is 13.3. The Balaban J connectivity index is 1.82. The highest BCUT2D eigenvalue weighted by atomic mass is 19.4. The molecule has 29 heavy (non-hydrogen) atoms. The summed E-state index contributed by atoms with van der Waals surface area (Å²) >= 11 is 0. The third kappa shape index (κ3) is 5.23. The molecule has 2 aromatic rings. The molecule has 2 N–H and O–H groups in total. The molecule has 3 rings (SSSR count). The van der Waals surface area contributed by atoms with E-state index in [0.717, 1.165) is 12.8 Å². The summed E-state index contributed by atoms with van der Waals surface area (Å²) in [4.78, 5) is 16.4. The van der Waals surface area contributed by atoms with Crippen LogP contribution in [0.1, 0.15) is 30.1 Å². The van der Waals surface area contributed by atoms with Crippen molar-refractivity contribution < 1.29 is 32.2 Å². The van der Waals surface area contributed by atoms with Crippen molar-refractivity contribution in [2.75, 3.05) is 13.2 Å². The fourth-order valence-corrected chi connectivity index (χ4v) is 2.46. The Morgan fingerprint density at radius 2 is 1.93 bits per heavy atom. The van der Waals surface area contributed by atoms with E-state index >= 15 is 0 Å². The second-order valence-corrected chi connectivity index (χ2v) is 7.29. The van der Waals surface area contributed by atoms with Gasteiger partial charge in [-0.3, -0.25) is 4.79 Å². The number of rotatable bonds is 7. The minimum absolute atomic E-state index is 0.0129. The number of carbonyl (C=O) groups is 1. The van der Waals surface area contributed by atoms with Gasteiger partial charge in [-0.25, -0.2) is 9.37 Å². The molecular weight excluding hydrogens is 392 g/mol. The van der Waals surface area contributed by atoms with Crippen LogP contribution < -0.4 is 10.1 Å². The van der Waals surface area contributed by atoms with Crippen molar-refractivity contribution in [1.82, 2.24) is 10.3 Å². The number of nitrogens with one attached hydrogen (secondary N) is 1. The topological polar surface area (TPSA) is 71.5 Å². The van der Waals surface area contributed by atoms with Crippen LogP contribution in [0.5, 0.6) is 5.88 Å². The maximum atomic E-state index is 13.3. The van der Waals surface area contributed by atoms with Crippen molar-refractivity contribution in [3.8, 4) is 17.0 Å². The lowest BCUT2D eigenvalue weighted by Gasteiger charge is -2.26. The number of aromatic nitrogens is 1. The zero-order valence-corrected chi connectivity index (χ0v) is 15.6. The third-order valence-electron chi connectivity index (χ3n) is 4.63. The molecule has 0 spiro atoms. The zero-order valence-electron chi connectivity index (χ0n) is 15.6. The van der Waals surface area contributed by atoms with Gasteiger partial charge in [0.25, 0.3) is 5.91 Å². The van der Waals surface area contributed by atoms with Crippen LogP contribution in [0, 0.1) is 11.7 Å². The Bertz CT molecular complexity index is 878. The molecule has 0 radical (unpaired) electrons. The number of hydrogen-bond donors (Lipinski definition) is 2. The molecule has 1 fully saturated rings. The largest absolute Gasteiger partial charge is 0.477 e. The third-order valence-corrected chi connectivity index (χ3v) is 4.63. The van der Waals surface area contributed by atoms with Crippen molar-refractivity contribution >= 4 is 5.91 Å². The number of amides is 1. The van der Waals surface area contributed by atoms with Crippen LogP contribution in [0.15, 0.2) is 36.5 Å². The summed E-state index contributed by atoms with van der Waals surface area (Å²) in [5, 5.41) is 11.5. The molecule has 0 saturated heterocycles. The monoisotopic (exact) mass is 412 g/mol. The SMILES string of the molecule is C[C@@](O)(CNC(=O)c1cnc(OCC2CC2)c(-c2ccc(F)cc2)c1)C(F)(F)F. The maximum Gasteiger partial charge on any atom is 0.418 e. The first-order valence-corrected chi connectivity index (χ1v) is 9.03. The van der Waals surface area contributed by atoms with Crippen LogP contribution >= 0.6 is 0 Å². The summed E-state index contributed by atoms with van der Waals surface area (Å²) in [6.45, 7) is 0.0205. The number of carbonyl (C=O) groups excluding carboxylic acids is 1. The van der Waals surface area contributed by atoms with Crippen LogP contribution in [0.3, 0.4) is 0 Å². The molecule has 1 aromatic carbocycles.